The van der Waals surface area contributed by atoms with Gasteiger partial charge in [-0.2, -0.15) is 0 Å². The lowest BCUT2D eigenvalue weighted by Crippen LogP contribution is -2.51. The molecule has 0 spiro atoms. The summed E-state index contributed by atoms with van der Waals surface area (Å²) in [6, 6.07) is 6.01. The second-order valence-corrected chi connectivity index (χ2v) is 8.66. The van der Waals surface area contributed by atoms with Crippen LogP contribution in [0.3, 0.4) is 0 Å². The summed E-state index contributed by atoms with van der Waals surface area (Å²) in [5, 5.41) is 17.2. The van der Waals surface area contributed by atoms with Crippen molar-refractivity contribution in [2.24, 2.45) is 0 Å². The molecule has 27 heavy (non-hydrogen) atoms. The topological polar surface area (TPSA) is 108 Å². The van der Waals surface area contributed by atoms with Crippen molar-refractivity contribution in [2.75, 3.05) is 23.7 Å². The van der Waals surface area contributed by atoms with Gasteiger partial charge in [0.2, 0.25) is 0 Å². The van der Waals surface area contributed by atoms with E-state index in [0.29, 0.717) is 0 Å². The summed E-state index contributed by atoms with van der Waals surface area (Å²) in [6.07, 6.45) is 0. The third-order valence-corrected chi connectivity index (χ3v) is 6.94. The van der Waals surface area contributed by atoms with Crippen molar-refractivity contribution in [1.82, 2.24) is 5.32 Å². The fourth-order valence-electron chi connectivity index (χ4n) is 2.59. The second kappa shape index (κ2) is 7.34. The van der Waals surface area contributed by atoms with Gasteiger partial charge in [0.15, 0.2) is 15.6 Å². The number of hydrogen-bond acceptors (Lipinski definition) is 5. The van der Waals surface area contributed by atoms with Crippen LogP contribution in [-0.2, 0) is 9.84 Å². The predicted octanol–water partition coefficient (Wildman–Crippen LogP) is 2.88. The lowest BCUT2D eigenvalue weighted by Gasteiger charge is -2.27. The van der Waals surface area contributed by atoms with Crippen LogP contribution in [0.1, 0.15) is 5.56 Å². The molecule has 0 aromatic heterocycles. The van der Waals surface area contributed by atoms with Crippen molar-refractivity contribution in [2.45, 2.75) is 17.1 Å². The molecule has 7 nitrogen and oxygen atoms in total. The summed E-state index contributed by atoms with van der Waals surface area (Å²) < 4.78 is 38.8. The van der Waals surface area contributed by atoms with E-state index in [9.17, 15) is 22.7 Å². The molecular weight excluding hydrogens is 397 g/mol. The number of aromatic hydroxyl groups is 1. The number of anilines is 2. The first-order valence-electron chi connectivity index (χ1n) is 8.01. The van der Waals surface area contributed by atoms with Crippen LogP contribution in [0.25, 0.3) is 0 Å². The molecule has 1 fully saturated rings. The molecule has 1 heterocycles. The first-order valence-corrected chi connectivity index (χ1v) is 9.93. The summed E-state index contributed by atoms with van der Waals surface area (Å²) in [6.45, 7) is 2.02. The van der Waals surface area contributed by atoms with Gasteiger partial charge in [0.05, 0.1) is 16.0 Å². The number of urea groups is 1. The second-order valence-electron chi connectivity index (χ2n) is 6.09. The largest absolute Gasteiger partial charge is 0.504 e. The van der Waals surface area contributed by atoms with Crippen molar-refractivity contribution >= 4 is 38.8 Å². The van der Waals surface area contributed by atoms with Crippen molar-refractivity contribution in [1.29, 1.82) is 0 Å². The van der Waals surface area contributed by atoms with Crippen LogP contribution in [-0.4, -0.2) is 37.9 Å². The molecular formula is C17H17ClFN3O4S. The predicted molar refractivity (Wildman–Crippen MR) is 101 cm³/mol. The summed E-state index contributed by atoms with van der Waals surface area (Å²) in [5.41, 5.74) is 0.361. The third-order valence-electron chi connectivity index (χ3n) is 4.31. The minimum atomic E-state index is -3.86. The maximum atomic E-state index is 13.6. The Hall–Kier alpha value is -2.36. The van der Waals surface area contributed by atoms with E-state index in [1.807, 2.05) is 0 Å². The van der Waals surface area contributed by atoms with Crippen molar-refractivity contribution in [3.63, 3.8) is 0 Å². The zero-order valence-corrected chi connectivity index (χ0v) is 15.8. The summed E-state index contributed by atoms with van der Waals surface area (Å²) in [4.78, 5) is 11.8. The van der Waals surface area contributed by atoms with Gasteiger partial charge in [0.25, 0.3) is 0 Å². The minimum Gasteiger partial charge on any atom is -0.504 e. The molecule has 1 aliphatic rings. The van der Waals surface area contributed by atoms with Gasteiger partial charge in [0.1, 0.15) is 10.7 Å². The van der Waals surface area contributed by atoms with E-state index in [-0.39, 0.29) is 35.1 Å². The van der Waals surface area contributed by atoms with Gasteiger partial charge in [-0.1, -0.05) is 17.7 Å². The number of rotatable bonds is 4. The van der Waals surface area contributed by atoms with Crippen LogP contribution < -0.4 is 16.0 Å². The monoisotopic (exact) mass is 413 g/mol. The van der Waals surface area contributed by atoms with Crippen LogP contribution in [0.2, 0.25) is 5.02 Å². The van der Waals surface area contributed by atoms with Crippen LogP contribution in [0, 0.1) is 12.7 Å². The molecule has 4 N–H and O–H groups in total. The normalized spacial score (nSPS) is 14.5. The molecule has 3 rings (SSSR count). The van der Waals surface area contributed by atoms with Gasteiger partial charge in [-0.3, -0.25) is 0 Å². The molecule has 0 radical (unpaired) electrons. The van der Waals surface area contributed by atoms with E-state index in [1.54, 1.807) is 0 Å². The number of sulfone groups is 1. The number of halogens is 2. The quantitative estimate of drug-likeness (QED) is 0.576. The smallest absolute Gasteiger partial charge is 0.323 e. The zero-order chi connectivity index (χ0) is 19.8. The van der Waals surface area contributed by atoms with Gasteiger partial charge >= 0.3 is 6.03 Å². The maximum Gasteiger partial charge on any atom is 0.323 e. The van der Waals surface area contributed by atoms with E-state index in [2.05, 4.69) is 16.0 Å². The fraction of sp³-hybridized carbons (Fsp3) is 0.235. The van der Waals surface area contributed by atoms with E-state index >= 15 is 0 Å². The molecule has 1 aliphatic heterocycles. The first kappa shape index (κ1) is 19.4. The lowest BCUT2D eigenvalue weighted by molar-refractivity contribution is 0.262. The Morgan fingerprint density at radius 2 is 1.89 bits per heavy atom. The molecule has 2 amide bonds. The molecule has 144 valence electrons. The number of carbonyl (C=O) groups is 1. The van der Waals surface area contributed by atoms with Gasteiger partial charge in [0, 0.05) is 24.3 Å². The van der Waals surface area contributed by atoms with Crippen molar-refractivity contribution in [3.05, 3.63) is 46.7 Å². The van der Waals surface area contributed by atoms with Gasteiger partial charge in [-0.25, -0.2) is 17.6 Å². The molecule has 0 unspecified atom stereocenters. The molecule has 2 aromatic carbocycles. The van der Waals surface area contributed by atoms with Gasteiger partial charge < -0.3 is 21.1 Å². The molecule has 10 heteroatoms. The van der Waals surface area contributed by atoms with Crippen LogP contribution in [0.15, 0.2) is 35.2 Å². The van der Waals surface area contributed by atoms with Crippen LogP contribution >= 0.6 is 11.6 Å². The fourth-order valence-corrected chi connectivity index (χ4v) is 4.79. The Morgan fingerprint density at radius 3 is 2.52 bits per heavy atom. The molecule has 0 saturated carbocycles. The Balaban J connectivity index is 1.86. The molecule has 0 aliphatic carbocycles. The average Bonchev–Trinajstić information content (AvgIpc) is 2.52. The number of amides is 2. The Bertz CT molecular complexity index is 1010. The zero-order valence-electron chi connectivity index (χ0n) is 14.2. The number of benzene rings is 2. The van der Waals surface area contributed by atoms with Gasteiger partial charge in [-0.05, 0) is 31.2 Å². The first-order chi connectivity index (χ1) is 12.7. The highest BCUT2D eigenvalue weighted by molar-refractivity contribution is 7.92. The number of phenols is 1. The Labute approximate surface area is 160 Å². The number of phenolic OH excluding ortho intramolecular Hbond substituents is 1. The summed E-state index contributed by atoms with van der Waals surface area (Å²) in [7, 11) is -3.86. The summed E-state index contributed by atoms with van der Waals surface area (Å²) in [5.74, 6) is -1.12. The van der Waals surface area contributed by atoms with Gasteiger partial charge in [-0.15, -0.1) is 0 Å². The van der Waals surface area contributed by atoms with Crippen molar-refractivity contribution < 1.29 is 22.7 Å². The van der Waals surface area contributed by atoms with E-state index in [1.165, 1.54) is 37.3 Å². The Kier molecular flexibility index (Phi) is 5.27. The number of carbonyl (C=O) groups excluding carboxylic acids is 1. The lowest BCUT2D eigenvalue weighted by atomic mass is 10.2. The molecule has 0 atom stereocenters. The highest BCUT2D eigenvalue weighted by Gasteiger charge is 2.36. The van der Waals surface area contributed by atoms with E-state index in [4.69, 9.17) is 11.6 Å². The molecule has 1 saturated heterocycles. The van der Waals surface area contributed by atoms with Crippen LogP contribution in [0.4, 0.5) is 20.6 Å². The number of hydrogen-bond donors (Lipinski definition) is 4. The van der Waals surface area contributed by atoms with E-state index < -0.39 is 37.6 Å². The number of nitrogens with one attached hydrogen (secondary N) is 3. The highest BCUT2D eigenvalue weighted by atomic mass is 35.5. The minimum absolute atomic E-state index is 0.128. The third kappa shape index (κ3) is 3.71. The SMILES string of the molecule is Cc1c(F)cccc1NC(=O)Nc1ccc(Cl)c(S(=O)(=O)C2CNC2)c1O. The maximum absolute atomic E-state index is 13.6. The van der Waals surface area contributed by atoms with Crippen LogP contribution in [0.5, 0.6) is 5.75 Å². The van der Waals surface area contributed by atoms with E-state index in [0.717, 1.165) is 0 Å². The average molecular weight is 414 g/mol. The molecule has 0 bridgehead atoms. The highest BCUT2D eigenvalue weighted by Crippen LogP contribution is 2.39. The molecule has 2 aromatic rings. The summed E-state index contributed by atoms with van der Waals surface area (Å²) >= 11 is 5.99. The Morgan fingerprint density at radius 1 is 1.22 bits per heavy atom. The standard InChI is InChI=1S/C17H17ClFN3O4S/c1-9-12(19)3-2-4-13(9)21-17(24)22-14-6-5-11(18)16(15(14)23)27(25,26)10-7-20-8-10/h2-6,10,20,23H,7-8H2,1H3,(H2,21,22,24). The van der Waals surface area contributed by atoms with Crippen molar-refractivity contribution in [3.8, 4) is 5.75 Å².